The molecule has 0 heterocycles. The van der Waals surface area contributed by atoms with Gasteiger partial charge in [0.1, 0.15) is 0 Å². The predicted molar refractivity (Wildman–Crippen MR) is 72.9 cm³/mol. The molecule has 0 N–H and O–H groups in total. The highest BCUT2D eigenvalue weighted by molar-refractivity contribution is 5.91. The molecule has 1 aromatic carbocycles. The van der Waals surface area contributed by atoms with E-state index in [4.69, 9.17) is 9.47 Å². The first kappa shape index (κ1) is 15.8. The van der Waals surface area contributed by atoms with Crippen LogP contribution in [0.3, 0.4) is 0 Å². The summed E-state index contributed by atoms with van der Waals surface area (Å²) in [5.74, 6) is -1.43. The normalized spacial score (nSPS) is 12.4. The van der Waals surface area contributed by atoms with Crippen LogP contribution >= 0.6 is 0 Å². The van der Waals surface area contributed by atoms with Crippen LogP contribution in [0.1, 0.15) is 17.9 Å². The maximum absolute atomic E-state index is 11.9. The Morgan fingerprint density at radius 2 is 1.75 bits per heavy atom. The van der Waals surface area contributed by atoms with E-state index in [1.165, 1.54) is 27.6 Å². The molecule has 0 amide bonds. The molecule has 0 spiro atoms. The Morgan fingerprint density at radius 1 is 1.10 bits per heavy atom. The summed E-state index contributed by atoms with van der Waals surface area (Å²) >= 11 is 0. The van der Waals surface area contributed by atoms with Gasteiger partial charge in [-0.15, -0.1) is 0 Å². The topological polar surface area (TPSA) is 61.8 Å². The molecular weight excluding hydrogens is 260 g/mol. The van der Waals surface area contributed by atoms with Crippen LogP contribution in [-0.4, -0.2) is 33.3 Å². The van der Waals surface area contributed by atoms with Gasteiger partial charge in [-0.2, -0.15) is 0 Å². The van der Waals surface area contributed by atoms with Gasteiger partial charge in [0.05, 0.1) is 39.6 Å². The van der Waals surface area contributed by atoms with Crippen molar-refractivity contribution in [2.75, 3.05) is 21.3 Å². The minimum absolute atomic E-state index is 0.0325. The Hall–Kier alpha value is -2.30. The van der Waals surface area contributed by atoms with E-state index in [1.54, 1.807) is 0 Å². The minimum Gasteiger partial charge on any atom is -0.504 e. The molecule has 108 valence electrons. The van der Waals surface area contributed by atoms with Gasteiger partial charge in [0.25, 0.3) is 0 Å². The molecule has 1 aromatic rings. The van der Waals surface area contributed by atoms with Crippen molar-refractivity contribution >= 4 is 11.9 Å². The van der Waals surface area contributed by atoms with Crippen LogP contribution in [0.15, 0.2) is 42.2 Å². The van der Waals surface area contributed by atoms with E-state index in [2.05, 4.69) is 4.74 Å². The van der Waals surface area contributed by atoms with Crippen molar-refractivity contribution in [3.05, 3.63) is 47.7 Å². The molecule has 0 bridgehead atoms. The SMILES string of the molecule is COC=C(C(=O)OC)C(CC(=O)OC)c1ccccc1. The lowest BCUT2D eigenvalue weighted by Gasteiger charge is -2.18. The van der Waals surface area contributed by atoms with Crippen molar-refractivity contribution in [3.8, 4) is 0 Å². The van der Waals surface area contributed by atoms with Crippen molar-refractivity contribution in [2.24, 2.45) is 0 Å². The van der Waals surface area contributed by atoms with E-state index in [0.717, 1.165) is 5.56 Å². The number of methoxy groups -OCH3 is 3. The van der Waals surface area contributed by atoms with E-state index in [-0.39, 0.29) is 12.0 Å². The van der Waals surface area contributed by atoms with Gasteiger partial charge in [-0.3, -0.25) is 4.79 Å². The van der Waals surface area contributed by atoms with E-state index in [0.29, 0.717) is 0 Å². The first-order chi connectivity index (χ1) is 9.63. The van der Waals surface area contributed by atoms with Crippen LogP contribution in [-0.2, 0) is 23.8 Å². The van der Waals surface area contributed by atoms with Crippen molar-refractivity contribution < 1.29 is 23.8 Å². The molecule has 0 saturated heterocycles. The van der Waals surface area contributed by atoms with Crippen LogP contribution in [0.5, 0.6) is 0 Å². The molecule has 1 atom stereocenters. The lowest BCUT2D eigenvalue weighted by Crippen LogP contribution is -2.18. The van der Waals surface area contributed by atoms with E-state index < -0.39 is 17.9 Å². The zero-order valence-electron chi connectivity index (χ0n) is 11.8. The number of hydrogen-bond donors (Lipinski definition) is 0. The molecular formula is C15H18O5. The predicted octanol–water partition coefficient (Wildman–Crippen LogP) is 2.04. The third-order valence-electron chi connectivity index (χ3n) is 2.84. The van der Waals surface area contributed by atoms with Crippen molar-refractivity contribution in [3.63, 3.8) is 0 Å². The summed E-state index contributed by atoms with van der Waals surface area (Å²) in [6.07, 6.45) is 1.33. The fourth-order valence-electron chi connectivity index (χ4n) is 1.86. The first-order valence-electron chi connectivity index (χ1n) is 6.07. The number of ether oxygens (including phenoxy) is 3. The Kier molecular flexibility index (Phi) is 6.29. The molecule has 0 saturated carbocycles. The molecule has 0 aromatic heterocycles. The quantitative estimate of drug-likeness (QED) is 0.452. The molecule has 5 heteroatoms. The average Bonchev–Trinajstić information content (AvgIpc) is 2.50. The van der Waals surface area contributed by atoms with Gasteiger partial charge in [-0.25, -0.2) is 4.79 Å². The molecule has 0 radical (unpaired) electrons. The summed E-state index contributed by atoms with van der Waals surface area (Å²) in [7, 11) is 4.03. The largest absolute Gasteiger partial charge is 0.504 e. The minimum atomic E-state index is -0.537. The summed E-state index contributed by atoms with van der Waals surface area (Å²) in [6, 6.07) is 9.19. The maximum Gasteiger partial charge on any atom is 0.337 e. The van der Waals surface area contributed by atoms with Crippen molar-refractivity contribution in [2.45, 2.75) is 12.3 Å². The number of esters is 2. The van der Waals surface area contributed by atoms with Gasteiger partial charge >= 0.3 is 11.9 Å². The van der Waals surface area contributed by atoms with Gasteiger partial charge < -0.3 is 14.2 Å². The zero-order chi connectivity index (χ0) is 15.0. The van der Waals surface area contributed by atoms with Gasteiger partial charge in [0.15, 0.2) is 0 Å². The molecule has 0 aliphatic heterocycles. The molecule has 20 heavy (non-hydrogen) atoms. The molecule has 0 fully saturated rings. The number of rotatable bonds is 6. The van der Waals surface area contributed by atoms with Gasteiger partial charge in [-0.1, -0.05) is 30.3 Å². The summed E-state index contributed by atoms with van der Waals surface area (Å²) in [5.41, 5.74) is 1.08. The van der Waals surface area contributed by atoms with Crippen LogP contribution in [0.2, 0.25) is 0 Å². The number of carbonyl (C=O) groups excluding carboxylic acids is 2. The lowest BCUT2D eigenvalue weighted by molar-refractivity contribution is -0.141. The van der Waals surface area contributed by atoms with Crippen LogP contribution in [0, 0.1) is 0 Å². The Morgan fingerprint density at radius 3 is 2.25 bits per heavy atom. The molecule has 1 rings (SSSR count). The van der Waals surface area contributed by atoms with Gasteiger partial charge in [0.2, 0.25) is 0 Å². The Bertz CT molecular complexity index is 478. The van der Waals surface area contributed by atoms with E-state index >= 15 is 0 Å². The third kappa shape index (κ3) is 4.12. The smallest absolute Gasteiger partial charge is 0.337 e. The average molecular weight is 278 g/mol. The summed E-state index contributed by atoms with van der Waals surface area (Å²) < 4.78 is 14.4. The Balaban J connectivity index is 3.17. The number of hydrogen-bond acceptors (Lipinski definition) is 5. The monoisotopic (exact) mass is 278 g/mol. The van der Waals surface area contributed by atoms with E-state index in [9.17, 15) is 9.59 Å². The molecule has 5 nitrogen and oxygen atoms in total. The molecule has 1 unspecified atom stereocenters. The first-order valence-corrected chi connectivity index (χ1v) is 6.07. The highest BCUT2D eigenvalue weighted by Crippen LogP contribution is 2.29. The van der Waals surface area contributed by atoms with Crippen molar-refractivity contribution in [1.29, 1.82) is 0 Å². The second-order valence-electron chi connectivity index (χ2n) is 4.04. The zero-order valence-corrected chi connectivity index (χ0v) is 11.8. The highest BCUT2D eigenvalue weighted by Gasteiger charge is 2.26. The second-order valence-corrected chi connectivity index (χ2v) is 4.04. The standard InChI is InChI=1S/C15H18O5/c1-18-10-13(15(17)20-3)12(9-14(16)19-2)11-7-5-4-6-8-11/h4-8,10,12H,9H2,1-3H3. The van der Waals surface area contributed by atoms with Crippen LogP contribution in [0.25, 0.3) is 0 Å². The number of carbonyl (C=O) groups is 2. The summed E-state index contributed by atoms with van der Waals surface area (Å²) in [6.45, 7) is 0. The highest BCUT2D eigenvalue weighted by atomic mass is 16.5. The Labute approximate surface area is 118 Å². The lowest BCUT2D eigenvalue weighted by atomic mass is 9.89. The maximum atomic E-state index is 11.9. The summed E-state index contributed by atoms with van der Waals surface area (Å²) in [4.78, 5) is 23.4. The van der Waals surface area contributed by atoms with Crippen LogP contribution < -0.4 is 0 Å². The van der Waals surface area contributed by atoms with Crippen LogP contribution in [0.4, 0.5) is 0 Å². The number of benzene rings is 1. The summed E-state index contributed by atoms with van der Waals surface area (Å²) in [5, 5.41) is 0. The third-order valence-corrected chi connectivity index (χ3v) is 2.84. The molecule has 0 aliphatic rings. The fourth-order valence-corrected chi connectivity index (χ4v) is 1.86. The van der Waals surface area contributed by atoms with E-state index in [1.807, 2.05) is 30.3 Å². The fraction of sp³-hybridized carbons (Fsp3) is 0.333. The molecule has 0 aliphatic carbocycles. The van der Waals surface area contributed by atoms with Crippen molar-refractivity contribution in [1.82, 2.24) is 0 Å². The van der Waals surface area contributed by atoms with Gasteiger partial charge in [0, 0.05) is 5.92 Å². The van der Waals surface area contributed by atoms with Gasteiger partial charge in [-0.05, 0) is 5.56 Å². The second kappa shape index (κ2) is 7.99.